The van der Waals surface area contributed by atoms with Crippen molar-refractivity contribution >= 4 is 21.6 Å². The highest BCUT2D eigenvalue weighted by Crippen LogP contribution is 2.26. The number of nitro benzene ring substituents is 1. The van der Waals surface area contributed by atoms with Crippen LogP contribution < -0.4 is 0 Å². The van der Waals surface area contributed by atoms with Crippen molar-refractivity contribution < 1.29 is 18.1 Å². The number of benzene rings is 2. The van der Waals surface area contributed by atoms with Gasteiger partial charge in [0.1, 0.15) is 0 Å². The van der Waals surface area contributed by atoms with Crippen molar-refractivity contribution in [2.45, 2.75) is 43.7 Å². The van der Waals surface area contributed by atoms with Gasteiger partial charge in [-0.3, -0.25) is 14.9 Å². The van der Waals surface area contributed by atoms with Gasteiger partial charge in [0.25, 0.3) is 11.6 Å². The van der Waals surface area contributed by atoms with Crippen LogP contribution in [-0.4, -0.2) is 48.1 Å². The van der Waals surface area contributed by atoms with E-state index in [2.05, 4.69) is 0 Å². The van der Waals surface area contributed by atoms with E-state index in [0.717, 1.165) is 19.3 Å². The molecular weight excluding hydrogens is 406 g/mol. The number of para-hydroxylation sites is 1. The summed E-state index contributed by atoms with van der Waals surface area (Å²) in [6.45, 7) is 2.48. The number of piperidine rings is 1. The fourth-order valence-electron chi connectivity index (χ4n) is 3.70. The fourth-order valence-corrected chi connectivity index (χ4v) is 5.40. The first-order valence-corrected chi connectivity index (χ1v) is 11.3. The highest BCUT2D eigenvalue weighted by Gasteiger charge is 2.31. The molecule has 2 aromatic carbocycles. The Hall–Kier alpha value is -2.78. The quantitative estimate of drug-likeness (QED) is 0.515. The van der Waals surface area contributed by atoms with Gasteiger partial charge in [0, 0.05) is 36.8 Å². The van der Waals surface area contributed by atoms with E-state index in [1.165, 1.54) is 39.5 Å². The molecule has 0 spiro atoms. The maximum Gasteiger partial charge on any atom is 0.274 e. The molecule has 1 fully saturated rings. The van der Waals surface area contributed by atoms with Gasteiger partial charge in [-0.2, -0.15) is 4.31 Å². The van der Waals surface area contributed by atoms with E-state index in [1.807, 2.05) is 6.92 Å². The van der Waals surface area contributed by atoms with Gasteiger partial charge in [-0.05, 0) is 44.0 Å². The average Bonchev–Trinajstić information content (AvgIpc) is 2.73. The second-order valence-corrected chi connectivity index (χ2v) is 9.42. The second kappa shape index (κ2) is 8.93. The number of carbonyl (C=O) groups is 1. The Labute approximate surface area is 176 Å². The van der Waals surface area contributed by atoms with Crippen molar-refractivity contribution in [3.05, 3.63) is 69.8 Å². The van der Waals surface area contributed by atoms with Crippen LogP contribution in [0.25, 0.3) is 0 Å². The summed E-state index contributed by atoms with van der Waals surface area (Å²) in [6.07, 6.45) is 2.70. The highest BCUT2D eigenvalue weighted by molar-refractivity contribution is 7.89. The number of carbonyl (C=O) groups excluding carboxylic acids is 1. The van der Waals surface area contributed by atoms with Crippen molar-refractivity contribution in [2.75, 3.05) is 13.6 Å². The normalized spacial score (nSPS) is 17.5. The van der Waals surface area contributed by atoms with E-state index < -0.39 is 14.9 Å². The molecule has 0 N–H and O–H groups in total. The van der Waals surface area contributed by atoms with Gasteiger partial charge in [-0.1, -0.05) is 24.6 Å². The minimum absolute atomic E-state index is 0.0437. The third-order valence-electron chi connectivity index (χ3n) is 5.39. The van der Waals surface area contributed by atoms with Crippen molar-refractivity contribution in [1.29, 1.82) is 0 Å². The summed E-state index contributed by atoms with van der Waals surface area (Å²) in [5, 5.41) is 11.2. The first-order valence-electron chi connectivity index (χ1n) is 9.81. The summed E-state index contributed by atoms with van der Waals surface area (Å²) >= 11 is 0. The molecule has 1 atom stereocenters. The van der Waals surface area contributed by atoms with Crippen molar-refractivity contribution in [1.82, 2.24) is 9.21 Å². The molecule has 3 rings (SSSR count). The lowest BCUT2D eigenvalue weighted by molar-refractivity contribution is -0.385. The molecule has 0 bridgehead atoms. The zero-order valence-corrected chi connectivity index (χ0v) is 17.8. The van der Waals surface area contributed by atoms with Crippen molar-refractivity contribution in [2.24, 2.45) is 0 Å². The minimum Gasteiger partial charge on any atom is -0.337 e. The Kier molecular flexibility index (Phi) is 6.52. The molecule has 0 saturated carbocycles. The summed E-state index contributed by atoms with van der Waals surface area (Å²) in [5.41, 5.74) is 0.701. The number of rotatable bonds is 6. The average molecular weight is 432 g/mol. The number of nitro groups is 1. The van der Waals surface area contributed by atoms with Crippen LogP contribution in [0.15, 0.2) is 53.4 Å². The van der Waals surface area contributed by atoms with Crippen LogP contribution in [0.4, 0.5) is 5.69 Å². The molecule has 0 radical (unpaired) electrons. The predicted molar refractivity (Wildman–Crippen MR) is 113 cm³/mol. The third kappa shape index (κ3) is 4.52. The lowest BCUT2D eigenvalue weighted by Gasteiger charge is -2.32. The second-order valence-electron chi connectivity index (χ2n) is 7.53. The Balaban J connectivity index is 1.76. The molecule has 1 unspecified atom stereocenters. The topological polar surface area (TPSA) is 101 Å². The molecule has 8 nitrogen and oxygen atoms in total. The van der Waals surface area contributed by atoms with Gasteiger partial charge in [0.2, 0.25) is 10.0 Å². The van der Waals surface area contributed by atoms with E-state index in [9.17, 15) is 23.3 Å². The summed E-state index contributed by atoms with van der Waals surface area (Å²) in [6, 6.07) is 12.1. The van der Waals surface area contributed by atoms with Gasteiger partial charge >= 0.3 is 0 Å². The van der Waals surface area contributed by atoms with E-state index in [4.69, 9.17) is 0 Å². The first-order chi connectivity index (χ1) is 14.2. The van der Waals surface area contributed by atoms with Gasteiger partial charge < -0.3 is 4.90 Å². The number of amides is 1. The van der Waals surface area contributed by atoms with Crippen LogP contribution >= 0.6 is 0 Å². The summed E-state index contributed by atoms with van der Waals surface area (Å²) in [5.74, 6) is -0.344. The van der Waals surface area contributed by atoms with E-state index >= 15 is 0 Å². The molecular formula is C21H25N3O5S. The summed E-state index contributed by atoms with van der Waals surface area (Å²) in [7, 11) is -2.05. The smallest absolute Gasteiger partial charge is 0.274 e. The molecule has 1 aliphatic heterocycles. The fraction of sp³-hybridized carbons (Fsp3) is 0.381. The monoisotopic (exact) mass is 431 g/mol. The highest BCUT2D eigenvalue weighted by atomic mass is 32.2. The third-order valence-corrected chi connectivity index (χ3v) is 7.42. The molecule has 9 heteroatoms. The lowest BCUT2D eigenvalue weighted by atomic mass is 10.1. The minimum atomic E-state index is -3.60. The summed E-state index contributed by atoms with van der Waals surface area (Å²) in [4.78, 5) is 25.0. The number of sulfonamides is 1. The lowest BCUT2D eigenvalue weighted by Crippen LogP contribution is -2.41. The van der Waals surface area contributed by atoms with E-state index in [-0.39, 0.29) is 29.1 Å². The van der Waals surface area contributed by atoms with Crippen LogP contribution in [0.5, 0.6) is 0 Å². The molecule has 1 saturated heterocycles. The first kappa shape index (κ1) is 21.9. The van der Waals surface area contributed by atoms with Crippen molar-refractivity contribution in [3.8, 4) is 0 Å². The number of hydrogen-bond acceptors (Lipinski definition) is 5. The Morgan fingerprint density at radius 2 is 1.83 bits per heavy atom. The Morgan fingerprint density at radius 1 is 1.17 bits per heavy atom. The Bertz CT molecular complexity index is 1040. The largest absolute Gasteiger partial charge is 0.337 e. The van der Waals surface area contributed by atoms with Gasteiger partial charge in [0.05, 0.1) is 16.4 Å². The zero-order chi connectivity index (χ0) is 21.9. The SMILES string of the molecule is CC1CCCCN1S(=O)(=O)c1ccc(C(=O)N(C)Cc2ccccc2[N+](=O)[O-])cc1. The molecule has 0 aromatic heterocycles. The van der Waals surface area contributed by atoms with Crippen LogP contribution in [0.1, 0.15) is 42.1 Å². The Morgan fingerprint density at radius 3 is 2.47 bits per heavy atom. The zero-order valence-electron chi connectivity index (χ0n) is 17.0. The van der Waals surface area contributed by atoms with Crippen LogP contribution in [0.2, 0.25) is 0 Å². The molecule has 1 amide bonds. The van der Waals surface area contributed by atoms with Crippen LogP contribution in [0.3, 0.4) is 0 Å². The summed E-state index contributed by atoms with van der Waals surface area (Å²) < 4.78 is 27.4. The van der Waals surface area contributed by atoms with Crippen LogP contribution in [0, 0.1) is 10.1 Å². The molecule has 0 aliphatic carbocycles. The molecule has 160 valence electrons. The standard InChI is InChI=1S/C21H25N3O5S/c1-16-7-5-6-14-23(16)30(28,29)19-12-10-17(11-13-19)21(25)22(2)15-18-8-3-4-9-20(18)24(26)27/h3-4,8-13,16H,5-7,14-15H2,1-2H3. The molecule has 1 heterocycles. The van der Waals surface area contributed by atoms with Gasteiger partial charge in [0.15, 0.2) is 0 Å². The number of nitrogens with zero attached hydrogens (tertiary/aromatic N) is 3. The van der Waals surface area contributed by atoms with Crippen molar-refractivity contribution in [3.63, 3.8) is 0 Å². The molecule has 1 aliphatic rings. The molecule has 30 heavy (non-hydrogen) atoms. The maximum absolute atomic E-state index is 12.9. The van der Waals surface area contributed by atoms with Gasteiger partial charge in [-0.25, -0.2) is 8.42 Å². The van der Waals surface area contributed by atoms with E-state index in [1.54, 1.807) is 25.2 Å². The number of hydrogen-bond donors (Lipinski definition) is 0. The maximum atomic E-state index is 12.9. The van der Waals surface area contributed by atoms with Crippen LogP contribution in [-0.2, 0) is 16.6 Å². The molecule has 2 aromatic rings. The van der Waals surface area contributed by atoms with E-state index in [0.29, 0.717) is 17.7 Å². The predicted octanol–water partition coefficient (Wildman–Crippen LogP) is 3.43. The van der Waals surface area contributed by atoms with Gasteiger partial charge in [-0.15, -0.1) is 0 Å².